The summed E-state index contributed by atoms with van der Waals surface area (Å²) in [6.45, 7) is 0.363. The topological polar surface area (TPSA) is 71.2 Å². The van der Waals surface area contributed by atoms with Crippen LogP contribution >= 0.6 is 0 Å². The number of ether oxygens (including phenoxy) is 1. The van der Waals surface area contributed by atoms with Crippen molar-refractivity contribution in [2.75, 3.05) is 7.11 Å². The lowest BCUT2D eigenvalue weighted by molar-refractivity contribution is 0.0950. The number of methoxy groups -OCH3 is 1. The average molecular weight is 258 g/mol. The third-order valence-electron chi connectivity index (χ3n) is 2.68. The predicted octanol–water partition coefficient (Wildman–Crippen LogP) is 1.31. The van der Waals surface area contributed by atoms with Crippen molar-refractivity contribution in [2.45, 2.75) is 6.54 Å². The molecule has 0 aliphatic carbocycles. The molecular weight excluding hydrogens is 244 g/mol. The number of rotatable bonds is 4. The van der Waals surface area contributed by atoms with Crippen molar-refractivity contribution in [3.63, 3.8) is 0 Å². The van der Waals surface area contributed by atoms with Gasteiger partial charge in [0.05, 0.1) is 12.7 Å². The van der Waals surface area contributed by atoms with E-state index in [1.165, 1.54) is 18.3 Å². The van der Waals surface area contributed by atoms with Gasteiger partial charge in [-0.05, 0) is 12.1 Å². The average Bonchev–Trinajstić information content (AvgIpc) is 2.45. The first-order valence-electron chi connectivity index (χ1n) is 5.79. The van der Waals surface area contributed by atoms with Crippen LogP contribution in [-0.4, -0.2) is 18.0 Å². The number of carbonyl (C=O) groups is 1. The molecule has 0 saturated carbocycles. The van der Waals surface area contributed by atoms with E-state index in [4.69, 9.17) is 4.74 Å². The second-order valence-corrected chi connectivity index (χ2v) is 3.94. The smallest absolute Gasteiger partial charge is 0.253 e. The minimum absolute atomic E-state index is 0.235. The molecule has 98 valence electrons. The lowest BCUT2D eigenvalue weighted by atomic mass is 10.2. The number of nitrogens with one attached hydrogen (secondary N) is 2. The van der Waals surface area contributed by atoms with Gasteiger partial charge in [0.15, 0.2) is 0 Å². The molecule has 19 heavy (non-hydrogen) atoms. The molecule has 1 aromatic heterocycles. The molecule has 1 aromatic carbocycles. The fraction of sp³-hybridized carbons (Fsp3) is 0.143. The van der Waals surface area contributed by atoms with Gasteiger partial charge in [0, 0.05) is 24.4 Å². The highest BCUT2D eigenvalue weighted by atomic mass is 16.5. The number of pyridine rings is 1. The number of aromatic amines is 1. The van der Waals surface area contributed by atoms with Crippen LogP contribution < -0.4 is 15.6 Å². The summed E-state index contributed by atoms with van der Waals surface area (Å²) >= 11 is 0. The highest BCUT2D eigenvalue weighted by molar-refractivity contribution is 5.93. The highest BCUT2D eigenvalue weighted by Crippen LogP contribution is 2.16. The Morgan fingerprint density at radius 2 is 2.05 bits per heavy atom. The maximum Gasteiger partial charge on any atom is 0.253 e. The Hall–Kier alpha value is -2.56. The van der Waals surface area contributed by atoms with Crippen LogP contribution in [0.3, 0.4) is 0 Å². The molecule has 5 heteroatoms. The van der Waals surface area contributed by atoms with Crippen molar-refractivity contribution < 1.29 is 9.53 Å². The molecular formula is C14H14N2O3. The molecule has 0 fully saturated rings. The van der Waals surface area contributed by atoms with Gasteiger partial charge in [-0.3, -0.25) is 9.59 Å². The Kier molecular flexibility index (Phi) is 3.97. The third-order valence-corrected chi connectivity index (χ3v) is 2.68. The summed E-state index contributed by atoms with van der Waals surface area (Å²) in [6, 6.07) is 10.3. The van der Waals surface area contributed by atoms with Crippen LogP contribution in [0.25, 0.3) is 0 Å². The summed E-state index contributed by atoms with van der Waals surface area (Å²) in [5.74, 6) is 0.478. The highest BCUT2D eigenvalue weighted by Gasteiger charge is 2.07. The van der Waals surface area contributed by atoms with E-state index in [2.05, 4.69) is 10.3 Å². The monoisotopic (exact) mass is 258 g/mol. The quantitative estimate of drug-likeness (QED) is 0.868. The van der Waals surface area contributed by atoms with Crippen LogP contribution in [0, 0.1) is 0 Å². The van der Waals surface area contributed by atoms with Gasteiger partial charge in [-0.15, -0.1) is 0 Å². The maximum absolute atomic E-state index is 11.9. The normalized spacial score (nSPS) is 9.95. The zero-order chi connectivity index (χ0) is 13.7. The molecule has 0 unspecified atom stereocenters. The van der Waals surface area contributed by atoms with Crippen molar-refractivity contribution in [2.24, 2.45) is 0 Å². The van der Waals surface area contributed by atoms with Crippen molar-refractivity contribution in [1.82, 2.24) is 10.3 Å². The van der Waals surface area contributed by atoms with Gasteiger partial charge in [-0.2, -0.15) is 0 Å². The summed E-state index contributed by atoms with van der Waals surface area (Å²) in [5, 5.41) is 2.77. The van der Waals surface area contributed by atoms with Crippen LogP contribution in [0.15, 0.2) is 47.4 Å². The summed E-state index contributed by atoms with van der Waals surface area (Å²) in [5.41, 5.74) is 1.07. The van der Waals surface area contributed by atoms with Crippen molar-refractivity contribution in [3.05, 3.63) is 64.1 Å². The number of aromatic nitrogens is 1. The van der Waals surface area contributed by atoms with Gasteiger partial charge in [0.1, 0.15) is 5.75 Å². The molecule has 2 rings (SSSR count). The molecule has 0 spiro atoms. The predicted molar refractivity (Wildman–Crippen MR) is 71.2 cm³/mol. The van der Waals surface area contributed by atoms with Gasteiger partial charge in [0.25, 0.3) is 5.91 Å². The molecule has 1 heterocycles. The summed E-state index contributed by atoms with van der Waals surface area (Å²) in [4.78, 5) is 25.2. The van der Waals surface area contributed by atoms with Crippen LogP contribution in [-0.2, 0) is 6.54 Å². The SMILES string of the molecule is COc1ccccc1CNC(=O)c1ccc(=O)[nH]c1. The molecule has 2 N–H and O–H groups in total. The Morgan fingerprint density at radius 1 is 1.26 bits per heavy atom. The first-order valence-corrected chi connectivity index (χ1v) is 5.79. The molecule has 0 bridgehead atoms. The Balaban J connectivity index is 2.04. The number of benzene rings is 1. The van der Waals surface area contributed by atoms with Crippen molar-refractivity contribution in [3.8, 4) is 5.75 Å². The van der Waals surface area contributed by atoms with Crippen molar-refractivity contribution in [1.29, 1.82) is 0 Å². The minimum atomic E-state index is -0.248. The van der Waals surface area contributed by atoms with Crippen LogP contribution in [0.4, 0.5) is 0 Å². The molecule has 0 aliphatic rings. The zero-order valence-electron chi connectivity index (χ0n) is 10.5. The number of amides is 1. The number of H-pyrrole nitrogens is 1. The zero-order valence-corrected chi connectivity index (χ0v) is 10.5. The fourth-order valence-electron chi connectivity index (χ4n) is 1.68. The second-order valence-electron chi connectivity index (χ2n) is 3.94. The van der Waals surface area contributed by atoms with Crippen LogP contribution in [0.2, 0.25) is 0 Å². The second kappa shape index (κ2) is 5.86. The summed E-state index contributed by atoms with van der Waals surface area (Å²) < 4.78 is 5.20. The Labute approximate surface area is 110 Å². The van der Waals surface area contributed by atoms with Gasteiger partial charge in [0.2, 0.25) is 5.56 Å². The van der Waals surface area contributed by atoms with Gasteiger partial charge >= 0.3 is 0 Å². The standard InChI is InChI=1S/C14H14N2O3/c1-19-12-5-3-2-4-10(12)8-16-14(18)11-6-7-13(17)15-9-11/h2-7,9H,8H2,1H3,(H,15,17)(H,16,18). The summed E-state index contributed by atoms with van der Waals surface area (Å²) in [6.07, 6.45) is 1.39. The number of hydrogen-bond donors (Lipinski definition) is 2. The van der Waals surface area contributed by atoms with Gasteiger partial charge in [-0.25, -0.2) is 0 Å². The molecule has 1 amide bonds. The molecule has 2 aromatic rings. The molecule has 5 nitrogen and oxygen atoms in total. The van der Waals surface area contributed by atoms with Crippen LogP contribution in [0.5, 0.6) is 5.75 Å². The van der Waals surface area contributed by atoms with E-state index in [1.54, 1.807) is 7.11 Å². The Bertz CT molecular complexity index is 614. The van der Waals surface area contributed by atoms with E-state index in [0.29, 0.717) is 12.1 Å². The molecule has 0 saturated heterocycles. The molecule has 0 aliphatic heterocycles. The maximum atomic E-state index is 11.9. The van der Waals surface area contributed by atoms with Gasteiger partial charge in [-0.1, -0.05) is 18.2 Å². The van der Waals surface area contributed by atoms with E-state index in [1.807, 2.05) is 24.3 Å². The fourth-order valence-corrected chi connectivity index (χ4v) is 1.68. The van der Waals surface area contributed by atoms with E-state index in [-0.39, 0.29) is 11.5 Å². The number of carbonyl (C=O) groups excluding carboxylic acids is 1. The number of para-hydroxylation sites is 1. The Morgan fingerprint density at radius 3 is 2.74 bits per heavy atom. The first-order chi connectivity index (χ1) is 9.20. The lowest BCUT2D eigenvalue weighted by Crippen LogP contribution is -2.23. The third kappa shape index (κ3) is 3.22. The van der Waals surface area contributed by atoms with Crippen LogP contribution in [0.1, 0.15) is 15.9 Å². The van der Waals surface area contributed by atoms with E-state index in [9.17, 15) is 9.59 Å². The van der Waals surface area contributed by atoms with Gasteiger partial charge < -0.3 is 15.0 Å². The van der Waals surface area contributed by atoms with E-state index >= 15 is 0 Å². The first kappa shape index (κ1) is 12.9. The molecule has 0 atom stereocenters. The number of hydrogen-bond acceptors (Lipinski definition) is 3. The minimum Gasteiger partial charge on any atom is -0.496 e. The van der Waals surface area contributed by atoms with Crippen molar-refractivity contribution >= 4 is 5.91 Å². The largest absolute Gasteiger partial charge is 0.496 e. The summed E-state index contributed by atoms with van der Waals surface area (Å²) in [7, 11) is 1.59. The molecule has 0 radical (unpaired) electrons. The van der Waals surface area contributed by atoms with E-state index < -0.39 is 0 Å². The lowest BCUT2D eigenvalue weighted by Gasteiger charge is -2.09. The van der Waals surface area contributed by atoms with E-state index in [0.717, 1.165) is 11.3 Å².